The van der Waals surface area contributed by atoms with Gasteiger partial charge in [-0.15, -0.1) is 23.7 Å². The lowest BCUT2D eigenvalue weighted by molar-refractivity contribution is 0.167. The van der Waals surface area contributed by atoms with E-state index in [1.165, 1.54) is 8.66 Å². The van der Waals surface area contributed by atoms with Gasteiger partial charge >= 0.3 is 0 Å². The number of thiophene rings is 1. The molecular formula is C10H16BrClN2S. The predicted octanol–water partition coefficient (Wildman–Crippen LogP) is 2.73. The van der Waals surface area contributed by atoms with E-state index in [1.807, 2.05) is 11.3 Å². The Morgan fingerprint density at radius 3 is 3.00 bits per heavy atom. The highest BCUT2D eigenvalue weighted by Gasteiger charge is 2.18. The van der Waals surface area contributed by atoms with Gasteiger partial charge < -0.3 is 5.32 Å². The van der Waals surface area contributed by atoms with Crippen molar-refractivity contribution in [1.82, 2.24) is 10.2 Å². The van der Waals surface area contributed by atoms with Gasteiger partial charge in [-0.3, -0.25) is 4.90 Å². The lowest BCUT2D eigenvalue weighted by Crippen LogP contribution is -2.49. The fourth-order valence-electron chi connectivity index (χ4n) is 1.75. The fourth-order valence-corrected chi connectivity index (χ4v) is 3.26. The van der Waals surface area contributed by atoms with Crippen LogP contribution >= 0.6 is 39.7 Å². The van der Waals surface area contributed by atoms with Crippen molar-refractivity contribution in [2.24, 2.45) is 0 Å². The minimum Gasteiger partial charge on any atom is -0.314 e. The van der Waals surface area contributed by atoms with Gasteiger partial charge in [0, 0.05) is 37.1 Å². The third kappa shape index (κ3) is 3.71. The van der Waals surface area contributed by atoms with Crippen LogP contribution in [0.5, 0.6) is 0 Å². The minimum atomic E-state index is 0. The number of nitrogens with zero attached hydrogens (tertiary/aromatic N) is 1. The van der Waals surface area contributed by atoms with Crippen molar-refractivity contribution in [3.05, 3.63) is 20.8 Å². The van der Waals surface area contributed by atoms with Crippen LogP contribution < -0.4 is 5.32 Å². The highest BCUT2D eigenvalue weighted by Crippen LogP contribution is 2.23. The Labute approximate surface area is 110 Å². The quantitative estimate of drug-likeness (QED) is 0.903. The Balaban J connectivity index is 0.00000112. The molecule has 1 fully saturated rings. The zero-order valence-electron chi connectivity index (χ0n) is 8.70. The Morgan fingerprint density at radius 1 is 1.60 bits per heavy atom. The van der Waals surface area contributed by atoms with Gasteiger partial charge in [-0.2, -0.15) is 0 Å². The summed E-state index contributed by atoms with van der Waals surface area (Å²) in [5.74, 6) is 0. The molecule has 0 bridgehead atoms. The largest absolute Gasteiger partial charge is 0.314 e. The lowest BCUT2D eigenvalue weighted by Gasteiger charge is -2.33. The number of hydrogen-bond acceptors (Lipinski definition) is 3. The zero-order chi connectivity index (χ0) is 9.97. The molecular weight excluding hydrogens is 296 g/mol. The Bertz CT molecular complexity index is 305. The standard InChI is InChI=1S/C10H15BrN2S.ClH/c1-8-6-12-4-5-13(8)7-9-2-3-10(11)14-9;/h2-3,8,12H,4-7H2,1H3;1H. The molecule has 0 aromatic carbocycles. The monoisotopic (exact) mass is 310 g/mol. The third-order valence-corrected chi connectivity index (χ3v) is 4.24. The molecule has 0 aliphatic carbocycles. The third-order valence-electron chi connectivity index (χ3n) is 2.63. The number of hydrogen-bond donors (Lipinski definition) is 1. The molecule has 2 rings (SSSR count). The molecule has 1 saturated heterocycles. The fraction of sp³-hybridized carbons (Fsp3) is 0.600. The molecule has 0 spiro atoms. The SMILES string of the molecule is CC1CNCCN1Cc1ccc(Br)s1.Cl. The summed E-state index contributed by atoms with van der Waals surface area (Å²) in [6.07, 6.45) is 0. The summed E-state index contributed by atoms with van der Waals surface area (Å²) < 4.78 is 1.23. The summed E-state index contributed by atoms with van der Waals surface area (Å²) in [6, 6.07) is 5.00. The molecule has 1 aromatic heterocycles. The van der Waals surface area contributed by atoms with Crippen LogP contribution in [0.3, 0.4) is 0 Å². The Morgan fingerprint density at radius 2 is 2.40 bits per heavy atom. The number of piperazine rings is 1. The molecule has 1 aliphatic heterocycles. The molecule has 0 radical (unpaired) electrons. The maximum absolute atomic E-state index is 3.50. The van der Waals surface area contributed by atoms with Gasteiger partial charge in [-0.25, -0.2) is 0 Å². The van der Waals surface area contributed by atoms with Crippen LogP contribution in [0.2, 0.25) is 0 Å². The first-order valence-corrected chi connectivity index (χ1v) is 6.55. The molecule has 1 atom stereocenters. The summed E-state index contributed by atoms with van der Waals surface area (Å²) in [5, 5.41) is 3.41. The molecule has 2 nitrogen and oxygen atoms in total. The van der Waals surface area contributed by atoms with E-state index in [1.54, 1.807) is 0 Å². The van der Waals surface area contributed by atoms with Crippen LogP contribution in [-0.4, -0.2) is 30.6 Å². The molecule has 1 aromatic rings. The predicted molar refractivity (Wildman–Crippen MR) is 72.0 cm³/mol. The molecule has 2 heterocycles. The van der Waals surface area contributed by atoms with Crippen molar-refractivity contribution in [3.63, 3.8) is 0 Å². The van der Waals surface area contributed by atoms with Gasteiger partial charge in [0.25, 0.3) is 0 Å². The van der Waals surface area contributed by atoms with Gasteiger partial charge in [-0.1, -0.05) is 0 Å². The van der Waals surface area contributed by atoms with Crippen molar-refractivity contribution >= 4 is 39.7 Å². The molecule has 0 amide bonds. The van der Waals surface area contributed by atoms with E-state index in [-0.39, 0.29) is 12.4 Å². The van der Waals surface area contributed by atoms with Crippen molar-refractivity contribution in [2.45, 2.75) is 19.5 Å². The average Bonchev–Trinajstić information content (AvgIpc) is 2.56. The summed E-state index contributed by atoms with van der Waals surface area (Å²) >= 11 is 5.34. The van der Waals surface area contributed by atoms with Crippen LogP contribution in [0.4, 0.5) is 0 Å². The highest BCUT2D eigenvalue weighted by atomic mass is 79.9. The first kappa shape index (κ1) is 13.5. The van der Waals surface area contributed by atoms with Gasteiger partial charge in [-0.05, 0) is 35.0 Å². The Kier molecular flexibility index (Phi) is 5.57. The van der Waals surface area contributed by atoms with Gasteiger partial charge in [0.15, 0.2) is 0 Å². The lowest BCUT2D eigenvalue weighted by atomic mass is 10.2. The molecule has 0 saturated carbocycles. The van der Waals surface area contributed by atoms with Crippen molar-refractivity contribution in [2.75, 3.05) is 19.6 Å². The summed E-state index contributed by atoms with van der Waals surface area (Å²) in [4.78, 5) is 3.99. The number of rotatable bonds is 2. The van der Waals surface area contributed by atoms with E-state index in [0.29, 0.717) is 6.04 Å². The number of nitrogens with one attached hydrogen (secondary N) is 1. The smallest absolute Gasteiger partial charge is 0.0701 e. The molecule has 5 heteroatoms. The van der Waals surface area contributed by atoms with Gasteiger partial charge in [0.2, 0.25) is 0 Å². The van der Waals surface area contributed by atoms with E-state index in [0.717, 1.165) is 26.2 Å². The second kappa shape index (κ2) is 6.21. The topological polar surface area (TPSA) is 15.3 Å². The molecule has 86 valence electrons. The van der Waals surface area contributed by atoms with Crippen molar-refractivity contribution < 1.29 is 0 Å². The van der Waals surface area contributed by atoms with Crippen LogP contribution in [-0.2, 0) is 6.54 Å². The van der Waals surface area contributed by atoms with E-state index in [4.69, 9.17) is 0 Å². The van der Waals surface area contributed by atoms with Crippen LogP contribution in [0.1, 0.15) is 11.8 Å². The van der Waals surface area contributed by atoms with Gasteiger partial charge in [0.05, 0.1) is 3.79 Å². The van der Waals surface area contributed by atoms with E-state index in [9.17, 15) is 0 Å². The van der Waals surface area contributed by atoms with Crippen LogP contribution in [0.25, 0.3) is 0 Å². The van der Waals surface area contributed by atoms with Crippen molar-refractivity contribution in [1.29, 1.82) is 0 Å². The highest BCUT2D eigenvalue weighted by molar-refractivity contribution is 9.11. The average molecular weight is 312 g/mol. The second-order valence-electron chi connectivity index (χ2n) is 3.73. The molecule has 15 heavy (non-hydrogen) atoms. The van der Waals surface area contributed by atoms with Crippen LogP contribution in [0, 0.1) is 0 Å². The van der Waals surface area contributed by atoms with Crippen molar-refractivity contribution in [3.8, 4) is 0 Å². The maximum Gasteiger partial charge on any atom is 0.0701 e. The van der Waals surface area contributed by atoms with E-state index < -0.39 is 0 Å². The van der Waals surface area contributed by atoms with Gasteiger partial charge in [0.1, 0.15) is 0 Å². The zero-order valence-corrected chi connectivity index (χ0v) is 11.9. The second-order valence-corrected chi connectivity index (χ2v) is 6.28. The molecule has 1 aliphatic rings. The van der Waals surface area contributed by atoms with Crippen LogP contribution in [0.15, 0.2) is 15.9 Å². The summed E-state index contributed by atoms with van der Waals surface area (Å²) in [5.41, 5.74) is 0. The molecule has 1 unspecified atom stereocenters. The molecule has 1 N–H and O–H groups in total. The maximum atomic E-state index is 3.50. The normalized spacial score (nSPS) is 22.4. The van der Waals surface area contributed by atoms with E-state index in [2.05, 4.69) is 45.2 Å². The first-order chi connectivity index (χ1) is 6.75. The first-order valence-electron chi connectivity index (χ1n) is 4.94. The Hall–Kier alpha value is 0.390. The number of halogens is 2. The van der Waals surface area contributed by atoms with E-state index >= 15 is 0 Å². The summed E-state index contributed by atoms with van der Waals surface area (Å²) in [7, 11) is 0. The minimum absolute atomic E-state index is 0. The summed E-state index contributed by atoms with van der Waals surface area (Å²) in [6.45, 7) is 6.79.